The van der Waals surface area contributed by atoms with Crippen LogP contribution >= 0.6 is 0 Å². The van der Waals surface area contributed by atoms with E-state index in [0.717, 1.165) is 6.07 Å². The van der Waals surface area contributed by atoms with E-state index in [4.69, 9.17) is 5.11 Å². The van der Waals surface area contributed by atoms with Gasteiger partial charge < -0.3 is 15.3 Å². The Balaban J connectivity index is 0.000000745. The van der Waals surface area contributed by atoms with Crippen molar-refractivity contribution in [3.63, 3.8) is 0 Å². The summed E-state index contributed by atoms with van der Waals surface area (Å²) in [7, 11) is 0. The Morgan fingerprint density at radius 2 is 1.91 bits per heavy atom. The number of nitro benzene ring substituents is 1. The van der Waals surface area contributed by atoms with Gasteiger partial charge >= 0.3 is 6.18 Å². The Bertz CT molecular complexity index is 503. The van der Waals surface area contributed by atoms with E-state index in [1.807, 2.05) is 0 Å². The van der Waals surface area contributed by atoms with E-state index in [9.17, 15) is 23.3 Å². The molecule has 6 nitrogen and oxygen atoms in total. The summed E-state index contributed by atoms with van der Waals surface area (Å²) in [5, 5.41) is 21.2. The molecule has 0 aliphatic carbocycles. The Kier molecular flexibility index (Phi) is 6.57. The molecule has 124 valence electrons. The Morgan fingerprint density at radius 3 is 2.36 bits per heavy atom. The van der Waals surface area contributed by atoms with Gasteiger partial charge in [0.05, 0.1) is 10.5 Å². The SMILES string of the molecule is CCO.O=[N+]([O-])c1ccc(N2CCNCC2)c(C(F)(F)F)c1. The Labute approximate surface area is 125 Å². The van der Waals surface area contributed by atoms with Crippen molar-refractivity contribution in [2.45, 2.75) is 13.1 Å². The van der Waals surface area contributed by atoms with E-state index < -0.39 is 22.4 Å². The van der Waals surface area contributed by atoms with Gasteiger partial charge in [0.2, 0.25) is 0 Å². The monoisotopic (exact) mass is 321 g/mol. The van der Waals surface area contributed by atoms with E-state index in [1.165, 1.54) is 6.07 Å². The molecule has 1 aromatic rings. The molecule has 0 saturated carbocycles. The first-order valence-corrected chi connectivity index (χ1v) is 6.73. The first kappa shape index (κ1) is 18.2. The molecule has 1 aliphatic rings. The maximum absolute atomic E-state index is 13.0. The lowest BCUT2D eigenvalue weighted by atomic mass is 10.1. The number of nitro groups is 1. The van der Waals surface area contributed by atoms with Crippen LogP contribution in [0.15, 0.2) is 18.2 Å². The number of non-ortho nitro benzene ring substituents is 1. The van der Waals surface area contributed by atoms with Gasteiger partial charge in [0, 0.05) is 50.6 Å². The molecule has 0 atom stereocenters. The van der Waals surface area contributed by atoms with Gasteiger partial charge in [0.1, 0.15) is 0 Å². The average Bonchev–Trinajstić information content (AvgIpc) is 2.47. The van der Waals surface area contributed by atoms with Gasteiger partial charge in [-0.15, -0.1) is 0 Å². The molecule has 1 saturated heterocycles. The van der Waals surface area contributed by atoms with Gasteiger partial charge in [-0.2, -0.15) is 13.2 Å². The molecule has 1 fully saturated rings. The van der Waals surface area contributed by atoms with Crippen molar-refractivity contribution in [2.24, 2.45) is 0 Å². The highest BCUT2D eigenvalue weighted by Gasteiger charge is 2.36. The number of rotatable bonds is 2. The number of aliphatic hydroxyl groups is 1. The average molecular weight is 321 g/mol. The number of halogens is 3. The molecular weight excluding hydrogens is 303 g/mol. The summed E-state index contributed by atoms with van der Waals surface area (Å²) < 4.78 is 38.9. The fraction of sp³-hybridized carbons (Fsp3) is 0.538. The number of hydrogen-bond acceptors (Lipinski definition) is 5. The van der Waals surface area contributed by atoms with Gasteiger partial charge in [-0.05, 0) is 13.0 Å². The van der Waals surface area contributed by atoms with Crippen LogP contribution in [0.5, 0.6) is 0 Å². The smallest absolute Gasteiger partial charge is 0.397 e. The van der Waals surface area contributed by atoms with Crippen molar-refractivity contribution in [2.75, 3.05) is 37.7 Å². The number of nitrogens with one attached hydrogen (secondary N) is 1. The number of anilines is 1. The number of benzene rings is 1. The fourth-order valence-corrected chi connectivity index (χ4v) is 2.05. The number of piperazine rings is 1. The lowest BCUT2D eigenvalue weighted by Crippen LogP contribution is -2.44. The second-order valence-corrected chi connectivity index (χ2v) is 4.51. The zero-order valence-corrected chi connectivity index (χ0v) is 12.1. The Morgan fingerprint density at radius 1 is 1.36 bits per heavy atom. The van der Waals surface area contributed by atoms with Crippen LogP contribution in [-0.4, -0.2) is 42.8 Å². The second-order valence-electron chi connectivity index (χ2n) is 4.51. The molecule has 0 spiro atoms. The molecule has 0 aromatic heterocycles. The predicted molar refractivity (Wildman–Crippen MR) is 75.9 cm³/mol. The molecule has 0 radical (unpaired) electrons. The van der Waals surface area contributed by atoms with Gasteiger partial charge in [-0.1, -0.05) is 0 Å². The molecule has 0 amide bonds. The molecule has 0 unspecified atom stereocenters. The van der Waals surface area contributed by atoms with Crippen molar-refractivity contribution < 1.29 is 23.2 Å². The molecule has 2 N–H and O–H groups in total. The first-order valence-electron chi connectivity index (χ1n) is 6.73. The molecule has 0 bridgehead atoms. The van der Waals surface area contributed by atoms with Crippen LogP contribution in [0.3, 0.4) is 0 Å². The third-order valence-electron chi connectivity index (χ3n) is 2.95. The standard InChI is InChI=1S/C11H12F3N3O2.C2H6O/c12-11(13,14)9-7-8(17(18)19)1-2-10(9)16-5-3-15-4-6-16;1-2-3/h1-2,7,15H,3-6H2;3H,2H2,1H3. The third kappa shape index (κ3) is 4.85. The zero-order chi connectivity index (χ0) is 16.8. The summed E-state index contributed by atoms with van der Waals surface area (Å²) >= 11 is 0. The molecular formula is C13H18F3N3O3. The topological polar surface area (TPSA) is 78.6 Å². The largest absolute Gasteiger partial charge is 0.418 e. The van der Waals surface area contributed by atoms with Crippen molar-refractivity contribution in [1.82, 2.24) is 5.32 Å². The molecule has 9 heteroatoms. The summed E-state index contributed by atoms with van der Waals surface area (Å²) in [6.07, 6.45) is -4.60. The molecule has 2 rings (SSSR count). The quantitative estimate of drug-likeness (QED) is 0.643. The van der Waals surface area contributed by atoms with E-state index >= 15 is 0 Å². The molecule has 1 heterocycles. The third-order valence-corrected chi connectivity index (χ3v) is 2.95. The number of hydrogen-bond donors (Lipinski definition) is 2. The van der Waals surface area contributed by atoms with Gasteiger partial charge in [0.25, 0.3) is 5.69 Å². The van der Waals surface area contributed by atoms with Crippen molar-refractivity contribution in [3.05, 3.63) is 33.9 Å². The van der Waals surface area contributed by atoms with Gasteiger partial charge in [-0.3, -0.25) is 10.1 Å². The van der Waals surface area contributed by atoms with Crippen LogP contribution in [0.2, 0.25) is 0 Å². The van der Waals surface area contributed by atoms with Crippen LogP contribution in [0.1, 0.15) is 12.5 Å². The van der Waals surface area contributed by atoms with Crippen LogP contribution in [0.25, 0.3) is 0 Å². The highest BCUT2D eigenvalue weighted by Crippen LogP contribution is 2.38. The summed E-state index contributed by atoms with van der Waals surface area (Å²) in [6, 6.07) is 2.87. The van der Waals surface area contributed by atoms with Gasteiger partial charge in [-0.25, -0.2) is 0 Å². The zero-order valence-electron chi connectivity index (χ0n) is 12.1. The number of alkyl halides is 3. The summed E-state index contributed by atoms with van der Waals surface area (Å²) in [5.74, 6) is 0. The van der Waals surface area contributed by atoms with Crippen LogP contribution in [-0.2, 0) is 6.18 Å². The molecule has 22 heavy (non-hydrogen) atoms. The number of aliphatic hydroxyl groups excluding tert-OH is 1. The van der Waals surface area contributed by atoms with E-state index in [0.29, 0.717) is 32.2 Å². The lowest BCUT2D eigenvalue weighted by molar-refractivity contribution is -0.385. The predicted octanol–water partition coefficient (Wildman–Crippen LogP) is 2.02. The Hall–Kier alpha value is -1.87. The fourth-order valence-electron chi connectivity index (χ4n) is 2.05. The highest BCUT2D eigenvalue weighted by molar-refractivity contribution is 5.59. The maximum Gasteiger partial charge on any atom is 0.418 e. The highest BCUT2D eigenvalue weighted by atomic mass is 19.4. The summed E-state index contributed by atoms with van der Waals surface area (Å²) in [5.41, 5.74) is -1.51. The lowest BCUT2D eigenvalue weighted by Gasteiger charge is -2.31. The van der Waals surface area contributed by atoms with Gasteiger partial charge in [0.15, 0.2) is 0 Å². The van der Waals surface area contributed by atoms with Crippen molar-refractivity contribution in [1.29, 1.82) is 0 Å². The first-order chi connectivity index (χ1) is 10.3. The van der Waals surface area contributed by atoms with E-state index in [-0.39, 0.29) is 12.3 Å². The van der Waals surface area contributed by atoms with Crippen molar-refractivity contribution in [3.8, 4) is 0 Å². The molecule has 1 aliphatic heterocycles. The summed E-state index contributed by atoms with van der Waals surface area (Å²) in [6.45, 7) is 4.00. The van der Waals surface area contributed by atoms with E-state index in [2.05, 4.69) is 5.32 Å². The number of nitrogens with zero attached hydrogens (tertiary/aromatic N) is 2. The minimum Gasteiger partial charge on any atom is -0.397 e. The van der Waals surface area contributed by atoms with Crippen LogP contribution < -0.4 is 10.2 Å². The maximum atomic E-state index is 13.0. The van der Waals surface area contributed by atoms with Crippen LogP contribution in [0, 0.1) is 10.1 Å². The summed E-state index contributed by atoms with van der Waals surface area (Å²) in [4.78, 5) is 11.3. The van der Waals surface area contributed by atoms with Crippen molar-refractivity contribution >= 4 is 11.4 Å². The molecule has 1 aromatic carbocycles. The van der Waals surface area contributed by atoms with E-state index in [1.54, 1.807) is 11.8 Å². The minimum absolute atomic E-state index is 0.000370. The second kappa shape index (κ2) is 7.95. The van der Waals surface area contributed by atoms with Crippen LogP contribution in [0.4, 0.5) is 24.5 Å². The minimum atomic E-state index is -4.60. The normalized spacial score (nSPS) is 15.0.